The predicted octanol–water partition coefficient (Wildman–Crippen LogP) is 0.0983. The first-order chi connectivity index (χ1) is 12.0. The molecule has 0 radical (unpaired) electrons. The lowest BCUT2D eigenvalue weighted by molar-refractivity contribution is 0.597. The van der Waals surface area contributed by atoms with Crippen LogP contribution in [0.5, 0.6) is 0 Å². The molecule has 0 saturated carbocycles. The van der Waals surface area contributed by atoms with Gasteiger partial charge < -0.3 is 9.80 Å². The maximum Gasteiger partial charge on any atom is 0.238 e. The third-order valence-electron chi connectivity index (χ3n) is 4.28. The molecule has 4 rings (SSSR count). The first kappa shape index (κ1) is 15.8. The Bertz CT molecular complexity index is 992. The second-order valence-electron chi connectivity index (χ2n) is 5.84. The summed E-state index contributed by atoms with van der Waals surface area (Å²) in [5.74, 6) is 0.886. The number of nitrogens with zero attached hydrogens (tertiary/aromatic N) is 6. The number of hydrogen-bond acceptors (Lipinski definition) is 7. The van der Waals surface area contributed by atoms with Crippen molar-refractivity contribution in [3.05, 3.63) is 42.7 Å². The van der Waals surface area contributed by atoms with Crippen molar-refractivity contribution < 1.29 is 8.42 Å². The summed E-state index contributed by atoms with van der Waals surface area (Å²) in [7, 11) is -3.66. The van der Waals surface area contributed by atoms with E-state index in [1.54, 1.807) is 35.1 Å². The van der Waals surface area contributed by atoms with E-state index in [9.17, 15) is 8.42 Å². The molecule has 3 aromatic rings. The number of aromatic nitrogens is 4. The number of sulfonamides is 1. The van der Waals surface area contributed by atoms with Gasteiger partial charge in [-0.1, -0.05) is 0 Å². The summed E-state index contributed by atoms with van der Waals surface area (Å²) in [6.45, 7) is 3.27. The molecular weight excluding hydrogens is 342 g/mol. The van der Waals surface area contributed by atoms with Crippen LogP contribution < -0.4 is 14.9 Å². The van der Waals surface area contributed by atoms with Crippen LogP contribution in [0.4, 0.5) is 11.5 Å². The average molecular weight is 359 g/mol. The Hall–Kier alpha value is -2.72. The number of benzene rings is 1. The van der Waals surface area contributed by atoms with Gasteiger partial charge in [0.25, 0.3) is 0 Å². The summed E-state index contributed by atoms with van der Waals surface area (Å²) in [6.07, 6.45) is 1.59. The van der Waals surface area contributed by atoms with Gasteiger partial charge in [-0.05, 0) is 36.4 Å². The number of rotatable bonds is 3. The molecule has 3 heterocycles. The third kappa shape index (κ3) is 3.13. The second kappa shape index (κ2) is 5.97. The van der Waals surface area contributed by atoms with E-state index >= 15 is 0 Å². The molecule has 0 amide bonds. The number of hydrogen-bond donors (Lipinski definition) is 1. The van der Waals surface area contributed by atoms with Crippen molar-refractivity contribution in [1.29, 1.82) is 0 Å². The highest BCUT2D eigenvalue weighted by Gasteiger charge is 2.19. The van der Waals surface area contributed by atoms with Gasteiger partial charge in [0, 0.05) is 31.9 Å². The lowest BCUT2D eigenvalue weighted by Crippen LogP contribution is -2.47. The van der Waals surface area contributed by atoms with Crippen LogP contribution in [-0.2, 0) is 10.0 Å². The smallest absolute Gasteiger partial charge is 0.238 e. The first-order valence-electron chi connectivity index (χ1n) is 7.80. The molecule has 1 aromatic carbocycles. The van der Waals surface area contributed by atoms with Crippen LogP contribution in [0.15, 0.2) is 47.6 Å². The number of nitrogens with two attached hydrogens (primary N) is 1. The zero-order valence-electron chi connectivity index (χ0n) is 13.4. The van der Waals surface area contributed by atoms with Gasteiger partial charge in [-0.25, -0.2) is 13.6 Å². The second-order valence-corrected chi connectivity index (χ2v) is 7.40. The minimum atomic E-state index is -3.66. The van der Waals surface area contributed by atoms with Crippen LogP contribution >= 0.6 is 0 Å². The lowest BCUT2D eigenvalue weighted by atomic mass is 10.2. The molecule has 1 aliphatic heterocycles. The quantitative estimate of drug-likeness (QED) is 0.706. The summed E-state index contributed by atoms with van der Waals surface area (Å²) in [6, 6.07) is 10.5. The van der Waals surface area contributed by atoms with Crippen molar-refractivity contribution in [3.8, 4) is 0 Å². The third-order valence-corrected chi connectivity index (χ3v) is 5.21. The zero-order valence-corrected chi connectivity index (χ0v) is 14.2. The highest BCUT2D eigenvalue weighted by atomic mass is 32.2. The summed E-state index contributed by atoms with van der Waals surface area (Å²) < 4.78 is 24.3. The molecule has 2 aromatic heterocycles. The van der Waals surface area contributed by atoms with E-state index in [1.165, 1.54) is 0 Å². The van der Waals surface area contributed by atoms with Gasteiger partial charge in [-0.3, -0.25) is 0 Å². The minimum absolute atomic E-state index is 0.126. The van der Waals surface area contributed by atoms with Crippen LogP contribution in [-0.4, -0.2) is 54.4 Å². The number of piperazine rings is 1. The van der Waals surface area contributed by atoms with Gasteiger partial charge in [0.1, 0.15) is 12.1 Å². The fourth-order valence-electron chi connectivity index (χ4n) is 2.93. The van der Waals surface area contributed by atoms with Crippen molar-refractivity contribution in [3.63, 3.8) is 0 Å². The van der Waals surface area contributed by atoms with Crippen LogP contribution in [0.1, 0.15) is 0 Å². The minimum Gasteiger partial charge on any atom is -0.368 e. The number of fused-ring (bicyclic) bond motifs is 1. The van der Waals surface area contributed by atoms with E-state index in [1.807, 2.05) is 12.1 Å². The highest BCUT2D eigenvalue weighted by Crippen LogP contribution is 2.21. The largest absolute Gasteiger partial charge is 0.368 e. The van der Waals surface area contributed by atoms with E-state index in [-0.39, 0.29) is 4.90 Å². The molecule has 0 spiro atoms. The SMILES string of the molecule is NS(=O)(=O)c1ccc(N2CCN(c3ccc4nncn4n3)CC2)cc1. The molecule has 0 atom stereocenters. The maximum absolute atomic E-state index is 11.3. The Kier molecular flexibility index (Phi) is 3.77. The maximum atomic E-state index is 11.3. The summed E-state index contributed by atoms with van der Waals surface area (Å²) in [5, 5.41) is 17.4. The topological polar surface area (TPSA) is 110 Å². The molecule has 2 N–H and O–H groups in total. The van der Waals surface area contributed by atoms with Crippen molar-refractivity contribution in [2.45, 2.75) is 4.90 Å². The van der Waals surface area contributed by atoms with Crippen molar-refractivity contribution in [2.24, 2.45) is 5.14 Å². The van der Waals surface area contributed by atoms with Crippen LogP contribution in [0, 0.1) is 0 Å². The van der Waals surface area contributed by atoms with Gasteiger partial charge in [-0.2, -0.15) is 4.52 Å². The van der Waals surface area contributed by atoms with Gasteiger partial charge in [0.05, 0.1) is 4.90 Å². The van der Waals surface area contributed by atoms with Gasteiger partial charge >= 0.3 is 0 Å². The zero-order chi connectivity index (χ0) is 17.4. The normalized spacial score (nSPS) is 15.7. The molecule has 1 fully saturated rings. The first-order valence-corrected chi connectivity index (χ1v) is 9.35. The highest BCUT2D eigenvalue weighted by molar-refractivity contribution is 7.89. The van der Waals surface area contributed by atoms with Crippen molar-refractivity contribution in [2.75, 3.05) is 36.0 Å². The molecule has 0 unspecified atom stereocenters. The van der Waals surface area contributed by atoms with E-state index in [0.29, 0.717) is 0 Å². The van der Waals surface area contributed by atoms with Gasteiger partial charge in [-0.15, -0.1) is 15.3 Å². The summed E-state index contributed by atoms with van der Waals surface area (Å²) >= 11 is 0. The summed E-state index contributed by atoms with van der Waals surface area (Å²) in [5.41, 5.74) is 1.70. The molecule has 0 aliphatic carbocycles. The Morgan fingerprint density at radius 2 is 1.60 bits per heavy atom. The molecule has 9 nitrogen and oxygen atoms in total. The van der Waals surface area contributed by atoms with Gasteiger partial charge in [0.2, 0.25) is 10.0 Å². The summed E-state index contributed by atoms with van der Waals surface area (Å²) in [4.78, 5) is 4.54. The van der Waals surface area contributed by atoms with Crippen molar-refractivity contribution >= 4 is 27.2 Å². The monoisotopic (exact) mass is 359 g/mol. The molecule has 130 valence electrons. The fourth-order valence-corrected chi connectivity index (χ4v) is 3.44. The Balaban J connectivity index is 1.45. The Morgan fingerprint density at radius 1 is 0.920 bits per heavy atom. The Morgan fingerprint density at radius 3 is 2.28 bits per heavy atom. The standard InChI is InChI=1S/C15H17N7O2S/c16-25(23,24)13-3-1-12(2-4-13)20-7-9-21(10-8-20)15-6-5-14-18-17-11-22(14)19-15/h1-6,11H,7-10H2,(H2,16,23,24). The van der Waals surface area contributed by atoms with Crippen LogP contribution in [0.3, 0.4) is 0 Å². The van der Waals surface area contributed by atoms with Crippen LogP contribution in [0.25, 0.3) is 5.65 Å². The molecule has 1 aliphatic rings. The van der Waals surface area contributed by atoms with Crippen molar-refractivity contribution in [1.82, 2.24) is 19.8 Å². The van der Waals surface area contributed by atoms with E-state index in [4.69, 9.17) is 5.14 Å². The fraction of sp³-hybridized carbons (Fsp3) is 0.267. The average Bonchev–Trinajstić information content (AvgIpc) is 3.09. The predicted molar refractivity (Wildman–Crippen MR) is 93.0 cm³/mol. The van der Waals surface area contributed by atoms with E-state index < -0.39 is 10.0 Å². The van der Waals surface area contributed by atoms with E-state index in [2.05, 4.69) is 25.1 Å². The van der Waals surface area contributed by atoms with Crippen LogP contribution in [0.2, 0.25) is 0 Å². The van der Waals surface area contributed by atoms with Gasteiger partial charge in [0.15, 0.2) is 5.65 Å². The molecule has 25 heavy (non-hydrogen) atoms. The molecule has 1 saturated heterocycles. The molecule has 0 bridgehead atoms. The Labute approximate surface area is 144 Å². The van der Waals surface area contributed by atoms with E-state index in [0.717, 1.165) is 43.3 Å². The molecular formula is C15H17N7O2S. The number of primary sulfonamides is 1. The lowest BCUT2D eigenvalue weighted by Gasteiger charge is -2.36. The molecule has 10 heteroatoms. The number of anilines is 2.